The van der Waals surface area contributed by atoms with Crippen LogP contribution >= 0.6 is 0 Å². The molecule has 1 heterocycles. The van der Waals surface area contributed by atoms with E-state index in [4.69, 9.17) is 10.5 Å². The summed E-state index contributed by atoms with van der Waals surface area (Å²) in [4.78, 5) is 0.286. The average Bonchev–Trinajstić information content (AvgIpc) is 2.31. The van der Waals surface area contributed by atoms with Crippen molar-refractivity contribution < 1.29 is 13.2 Å². The maximum Gasteiger partial charge on any atom is 0.243 e. The normalized spacial score (nSPS) is 20.4. The summed E-state index contributed by atoms with van der Waals surface area (Å²) >= 11 is 0. The van der Waals surface area contributed by atoms with Crippen LogP contribution in [0.3, 0.4) is 0 Å². The predicted octanol–water partition coefficient (Wildman–Crippen LogP) is 1.38. The van der Waals surface area contributed by atoms with E-state index in [2.05, 4.69) is 0 Å². The van der Waals surface area contributed by atoms with Crippen molar-refractivity contribution in [1.82, 2.24) is 4.31 Å². The summed E-state index contributed by atoms with van der Waals surface area (Å²) in [7, 11) is -3.51. The van der Waals surface area contributed by atoms with E-state index in [0.29, 0.717) is 25.4 Å². The second kappa shape index (κ2) is 4.77. The smallest absolute Gasteiger partial charge is 0.243 e. The fourth-order valence-electron chi connectivity index (χ4n) is 2.23. The molecule has 0 amide bonds. The van der Waals surface area contributed by atoms with Gasteiger partial charge in [-0.2, -0.15) is 4.31 Å². The molecule has 1 aromatic rings. The van der Waals surface area contributed by atoms with Gasteiger partial charge in [0.1, 0.15) is 0 Å². The first-order valence-electron chi connectivity index (χ1n) is 6.22. The molecule has 0 bridgehead atoms. The number of nitrogen functional groups attached to an aromatic ring is 1. The summed E-state index contributed by atoms with van der Waals surface area (Å²) in [6, 6.07) is 4.81. The molecule has 0 aliphatic carbocycles. The van der Waals surface area contributed by atoms with Gasteiger partial charge < -0.3 is 10.5 Å². The zero-order valence-electron chi connectivity index (χ0n) is 11.5. The molecular weight excluding hydrogens is 264 g/mol. The molecule has 0 atom stereocenters. The summed E-state index contributed by atoms with van der Waals surface area (Å²) in [6.07, 6.45) is 0. The summed E-state index contributed by atoms with van der Waals surface area (Å²) < 4.78 is 32.3. The van der Waals surface area contributed by atoms with E-state index >= 15 is 0 Å². The number of aryl methyl sites for hydroxylation is 1. The molecule has 2 rings (SSSR count). The van der Waals surface area contributed by atoms with Crippen LogP contribution in [0.25, 0.3) is 0 Å². The maximum atomic E-state index is 12.7. The lowest BCUT2D eigenvalue weighted by Crippen LogP contribution is -2.55. The van der Waals surface area contributed by atoms with Crippen molar-refractivity contribution in [3.8, 4) is 0 Å². The topological polar surface area (TPSA) is 72.6 Å². The highest BCUT2D eigenvalue weighted by molar-refractivity contribution is 7.89. The Morgan fingerprint density at radius 2 is 2.05 bits per heavy atom. The second-order valence-corrected chi connectivity index (χ2v) is 7.32. The van der Waals surface area contributed by atoms with Gasteiger partial charge in [0, 0.05) is 12.2 Å². The first kappa shape index (κ1) is 14.3. The van der Waals surface area contributed by atoms with Crippen LogP contribution in [-0.2, 0) is 14.8 Å². The predicted molar refractivity (Wildman–Crippen MR) is 74.4 cm³/mol. The van der Waals surface area contributed by atoms with E-state index < -0.39 is 15.6 Å². The molecule has 0 aromatic heterocycles. The Morgan fingerprint density at radius 1 is 1.37 bits per heavy atom. The molecule has 1 aliphatic rings. The van der Waals surface area contributed by atoms with Crippen LogP contribution in [-0.4, -0.2) is 38.0 Å². The van der Waals surface area contributed by atoms with Crippen LogP contribution in [0.5, 0.6) is 0 Å². The van der Waals surface area contributed by atoms with Crippen molar-refractivity contribution in [1.29, 1.82) is 0 Å². The third-order valence-corrected chi connectivity index (χ3v) is 5.51. The van der Waals surface area contributed by atoms with E-state index in [1.807, 2.05) is 13.8 Å². The third-order valence-electron chi connectivity index (χ3n) is 3.40. The van der Waals surface area contributed by atoms with E-state index in [1.165, 1.54) is 4.31 Å². The molecule has 1 saturated heterocycles. The third kappa shape index (κ3) is 2.61. The second-order valence-electron chi connectivity index (χ2n) is 5.46. The van der Waals surface area contributed by atoms with Crippen molar-refractivity contribution in [2.24, 2.45) is 0 Å². The number of nitrogens with zero attached hydrogens (tertiary/aromatic N) is 1. The Kier molecular flexibility index (Phi) is 3.59. The Hall–Kier alpha value is -1.11. The maximum absolute atomic E-state index is 12.7. The van der Waals surface area contributed by atoms with E-state index in [-0.39, 0.29) is 4.90 Å². The van der Waals surface area contributed by atoms with E-state index in [0.717, 1.165) is 5.56 Å². The van der Waals surface area contributed by atoms with Crippen molar-refractivity contribution in [3.63, 3.8) is 0 Å². The van der Waals surface area contributed by atoms with Crippen LogP contribution < -0.4 is 5.73 Å². The van der Waals surface area contributed by atoms with Gasteiger partial charge in [-0.05, 0) is 44.5 Å². The molecule has 2 N–H and O–H groups in total. The molecule has 5 nitrogen and oxygen atoms in total. The van der Waals surface area contributed by atoms with Crippen LogP contribution in [0.2, 0.25) is 0 Å². The summed E-state index contributed by atoms with van der Waals surface area (Å²) in [6.45, 7) is 6.75. The Morgan fingerprint density at radius 3 is 2.63 bits per heavy atom. The molecular formula is C13H20N2O3S. The lowest BCUT2D eigenvalue weighted by atomic mass is 10.1. The molecule has 0 unspecified atom stereocenters. The van der Waals surface area contributed by atoms with Crippen molar-refractivity contribution in [3.05, 3.63) is 23.8 Å². The van der Waals surface area contributed by atoms with Gasteiger partial charge in [0.05, 0.1) is 23.6 Å². The molecule has 0 spiro atoms. The number of ether oxygens (including phenoxy) is 1. The fourth-order valence-corrected chi connectivity index (χ4v) is 4.06. The Balaban J connectivity index is 2.44. The van der Waals surface area contributed by atoms with Crippen LogP contribution in [0, 0.1) is 6.92 Å². The molecule has 0 radical (unpaired) electrons. The Bertz CT molecular complexity index is 582. The number of anilines is 1. The number of hydrogen-bond donors (Lipinski definition) is 1. The number of sulfonamides is 1. The van der Waals surface area contributed by atoms with E-state index in [1.54, 1.807) is 25.1 Å². The molecule has 106 valence electrons. The highest BCUT2D eigenvalue weighted by Crippen LogP contribution is 2.28. The minimum Gasteiger partial charge on any atom is -0.399 e. The number of hydrogen-bond acceptors (Lipinski definition) is 4. The Labute approximate surface area is 114 Å². The van der Waals surface area contributed by atoms with Crippen molar-refractivity contribution in [2.45, 2.75) is 31.2 Å². The SMILES string of the molecule is Cc1cc(S(=O)(=O)N2CCOCC2(C)C)ccc1N. The van der Waals surface area contributed by atoms with Gasteiger partial charge >= 0.3 is 0 Å². The van der Waals surface area contributed by atoms with Gasteiger partial charge in [0.25, 0.3) is 0 Å². The van der Waals surface area contributed by atoms with E-state index in [9.17, 15) is 8.42 Å². The monoisotopic (exact) mass is 284 g/mol. The first-order valence-corrected chi connectivity index (χ1v) is 7.66. The lowest BCUT2D eigenvalue weighted by molar-refractivity contribution is -0.00770. The van der Waals surface area contributed by atoms with Gasteiger partial charge in [-0.1, -0.05) is 0 Å². The van der Waals surface area contributed by atoms with Crippen LogP contribution in [0.4, 0.5) is 5.69 Å². The molecule has 1 aromatic carbocycles. The minimum atomic E-state index is -3.51. The highest BCUT2D eigenvalue weighted by Gasteiger charge is 2.39. The van der Waals surface area contributed by atoms with Crippen LogP contribution in [0.1, 0.15) is 19.4 Å². The number of rotatable bonds is 2. The molecule has 19 heavy (non-hydrogen) atoms. The summed E-state index contributed by atoms with van der Waals surface area (Å²) in [5, 5.41) is 0. The zero-order chi connectivity index (χ0) is 14.3. The van der Waals surface area contributed by atoms with Gasteiger partial charge in [0.15, 0.2) is 0 Å². The number of nitrogens with two attached hydrogens (primary N) is 1. The highest BCUT2D eigenvalue weighted by atomic mass is 32.2. The molecule has 0 saturated carbocycles. The van der Waals surface area contributed by atoms with Crippen molar-refractivity contribution >= 4 is 15.7 Å². The number of benzene rings is 1. The fraction of sp³-hybridized carbons (Fsp3) is 0.538. The van der Waals surface area contributed by atoms with Gasteiger partial charge in [-0.25, -0.2) is 8.42 Å². The first-order chi connectivity index (χ1) is 8.75. The lowest BCUT2D eigenvalue weighted by Gasteiger charge is -2.40. The summed E-state index contributed by atoms with van der Waals surface area (Å²) in [5.41, 5.74) is 6.57. The number of morpholine rings is 1. The zero-order valence-corrected chi connectivity index (χ0v) is 12.3. The molecule has 1 fully saturated rings. The largest absolute Gasteiger partial charge is 0.399 e. The van der Waals surface area contributed by atoms with Crippen LogP contribution in [0.15, 0.2) is 23.1 Å². The minimum absolute atomic E-state index is 0.286. The average molecular weight is 284 g/mol. The van der Waals surface area contributed by atoms with Gasteiger partial charge in [-0.15, -0.1) is 0 Å². The quantitative estimate of drug-likeness (QED) is 0.833. The standard InChI is InChI=1S/C13H20N2O3S/c1-10-8-11(4-5-12(10)14)19(16,17)15-6-7-18-9-13(15,2)3/h4-5,8H,6-7,9,14H2,1-3H3. The van der Waals surface area contributed by atoms with Crippen molar-refractivity contribution in [2.75, 3.05) is 25.5 Å². The molecule has 6 heteroatoms. The summed E-state index contributed by atoms with van der Waals surface area (Å²) in [5.74, 6) is 0. The van der Waals surface area contributed by atoms with Gasteiger partial charge in [-0.3, -0.25) is 0 Å². The van der Waals surface area contributed by atoms with Gasteiger partial charge in [0.2, 0.25) is 10.0 Å². The molecule has 1 aliphatic heterocycles.